The summed E-state index contributed by atoms with van der Waals surface area (Å²) in [6, 6.07) is 10.2. The van der Waals surface area contributed by atoms with E-state index < -0.39 is 0 Å². The second-order valence-electron chi connectivity index (χ2n) is 5.29. The number of nitrogens with zero attached hydrogens (tertiary/aromatic N) is 1. The smallest absolute Gasteiger partial charge is 0.229 e. The van der Waals surface area contributed by atoms with Crippen LogP contribution in [0.3, 0.4) is 0 Å². The van der Waals surface area contributed by atoms with E-state index >= 15 is 0 Å². The van der Waals surface area contributed by atoms with Gasteiger partial charge in [-0.15, -0.1) is 0 Å². The largest absolute Gasteiger partial charge is 0.357 e. The third-order valence-electron chi connectivity index (χ3n) is 3.77. The molecule has 1 atom stereocenters. The van der Waals surface area contributed by atoms with Crippen molar-refractivity contribution in [3.8, 4) is 0 Å². The van der Waals surface area contributed by atoms with Crippen LogP contribution in [0.15, 0.2) is 42.7 Å². The molecule has 0 bridgehead atoms. The minimum Gasteiger partial charge on any atom is -0.357 e. The molecule has 1 aliphatic rings. The number of benzene rings is 1. The van der Waals surface area contributed by atoms with Crippen LogP contribution in [0.2, 0.25) is 0 Å². The van der Waals surface area contributed by atoms with Crippen LogP contribution in [-0.2, 0) is 24.9 Å². The third-order valence-corrected chi connectivity index (χ3v) is 3.77. The Labute approximate surface area is 118 Å². The van der Waals surface area contributed by atoms with Gasteiger partial charge in [-0.3, -0.25) is 4.79 Å². The van der Waals surface area contributed by atoms with Crippen molar-refractivity contribution in [2.75, 3.05) is 6.54 Å². The molecule has 0 fully saturated rings. The van der Waals surface area contributed by atoms with Gasteiger partial charge in [0.05, 0.1) is 5.92 Å². The van der Waals surface area contributed by atoms with Crippen molar-refractivity contribution in [2.24, 2.45) is 7.05 Å². The molecule has 1 unspecified atom stereocenters. The van der Waals surface area contributed by atoms with Crippen molar-refractivity contribution in [3.05, 3.63) is 59.4 Å². The number of rotatable bonds is 3. The molecule has 1 amide bonds. The van der Waals surface area contributed by atoms with Crippen molar-refractivity contribution >= 4 is 5.91 Å². The van der Waals surface area contributed by atoms with Crippen LogP contribution in [0.5, 0.6) is 0 Å². The first-order chi connectivity index (χ1) is 9.74. The Morgan fingerprint density at radius 2 is 2.25 bits per heavy atom. The molecule has 0 aliphatic carbocycles. The number of hydrogen-bond acceptors (Lipinski definition) is 2. The number of carbonyl (C=O) groups is 1. The van der Waals surface area contributed by atoms with Gasteiger partial charge in [-0.25, -0.2) is 0 Å². The van der Waals surface area contributed by atoms with E-state index in [4.69, 9.17) is 0 Å². The fraction of sp³-hybridized carbons (Fsp3) is 0.312. The summed E-state index contributed by atoms with van der Waals surface area (Å²) in [5, 5.41) is 6.34. The normalized spacial score (nSPS) is 17.6. The fourth-order valence-corrected chi connectivity index (χ4v) is 2.71. The van der Waals surface area contributed by atoms with Crippen molar-refractivity contribution in [1.82, 2.24) is 15.2 Å². The average Bonchev–Trinajstić information content (AvgIpc) is 2.90. The minimum absolute atomic E-state index is 0.0912. The van der Waals surface area contributed by atoms with Gasteiger partial charge in [-0.05, 0) is 22.8 Å². The molecule has 3 rings (SSSR count). The Balaban J connectivity index is 1.69. The van der Waals surface area contributed by atoms with Gasteiger partial charge in [0.15, 0.2) is 0 Å². The summed E-state index contributed by atoms with van der Waals surface area (Å²) >= 11 is 0. The molecule has 0 spiro atoms. The van der Waals surface area contributed by atoms with E-state index in [1.54, 1.807) is 0 Å². The first-order valence-electron chi connectivity index (χ1n) is 6.91. The first kappa shape index (κ1) is 12.9. The molecule has 1 aromatic heterocycles. The lowest BCUT2D eigenvalue weighted by molar-refractivity contribution is -0.122. The molecule has 0 radical (unpaired) electrons. The van der Waals surface area contributed by atoms with Gasteiger partial charge in [0.25, 0.3) is 0 Å². The number of amides is 1. The van der Waals surface area contributed by atoms with Gasteiger partial charge < -0.3 is 15.2 Å². The predicted molar refractivity (Wildman–Crippen MR) is 78.1 cm³/mol. The highest BCUT2D eigenvalue weighted by Gasteiger charge is 2.25. The van der Waals surface area contributed by atoms with E-state index in [2.05, 4.69) is 22.8 Å². The van der Waals surface area contributed by atoms with Crippen LogP contribution in [0.4, 0.5) is 0 Å². The molecule has 2 aromatic rings. The molecule has 1 aliphatic heterocycles. The lowest BCUT2D eigenvalue weighted by Crippen LogP contribution is -2.38. The number of carbonyl (C=O) groups excluding carboxylic acids is 1. The highest BCUT2D eigenvalue weighted by molar-refractivity contribution is 5.84. The Bertz CT molecular complexity index is 618. The Morgan fingerprint density at radius 3 is 3.05 bits per heavy atom. The van der Waals surface area contributed by atoms with Gasteiger partial charge in [0.2, 0.25) is 5.91 Å². The first-order valence-corrected chi connectivity index (χ1v) is 6.91. The lowest BCUT2D eigenvalue weighted by Gasteiger charge is -2.25. The van der Waals surface area contributed by atoms with Gasteiger partial charge in [0, 0.05) is 39.1 Å². The van der Waals surface area contributed by atoms with E-state index in [-0.39, 0.29) is 11.8 Å². The number of aromatic nitrogens is 1. The maximum absolute atomic E-state index is 12.4. The Morgan fingerprint density at radius 1 is 1.40 bits per heavy atom. The van der Waals surface area contributed by atoms with E-state index in [9.17, 15) is 4.79 Å². The molecule has 0 saturated heterocycles. The van der Waals surface area contributed by atoms with Gasteiger partial charge in [-0.1, -0.05) is 24.3 Å². The van der Waals surface area contributed by atoms with E-state index in [0.29, 0.717) is 13.1 Å². The molecular weight excluding hydrogens is 250 g/mol. The second-order valence-corrected chi connectivity index (χ2v) is 5.29. The summed E-state index contributed by atoms with van der Waals surface area (Å²) in [6.07, 6.45) is 4.01. The molecule has 20 heavy (non-hydrogen) atoms. The zero-order valence-corrected chi connectivity index (χ0v) is 11.6. The van der Waals surface area contributed by atoms with Gasteiger partial charge >= 0.3 is 0 Å². The predicted octanol–water partition coefficient (Wildman–Crippen LogP) is 1.53. The molecule has 2 N–H and O–H groups in total. The summed E-state index contributed by atoms with van der Waals surface area (Å²) in [6.45, 7) is 2.13. The second kappa shape index (κ2) is 5.51. The summed E-state index contributed by atoms with van der Waals surface area (Å²) < 4.78 is 1.99. The number of hydrogen-bond donors (Lipinski definition) is 2. The summed E-state index contributed by atoms with van der Waals surface area (Å²) in [5.74, 6) is -0.00262. The third kappa shape index (κ3) is 2.60. The van der Waals surface area contributed by atoms with Gasteiger partial charge in [0.1, 0.15) is 0 Å². The summed E-state index contributed by atoms with van der Waals surface area (Å²) in [5.41, 5.74) is 3.49. The van der Waals surface area contributed by atoms with Crippen molar-refractivity contribution in [1.29, 1.82) is 0 Å². The quantitative estimate of drug-likeness (QED) is 0.887. The van der Waals surface area contributed by atoms with E-state index in [1.807, 2.05) is 42.2 Å². The zero-order chi connectivity index (χ0) is 13.9. The highest BCUT2D eigenvalue weighted by atomic mass is 16.1. The van der Waals surface area contributed by atoms with Crippen molar-refractivity contribution in [3.63, 3.8) is 0 Å². The van der Waals surface area contributed by atoms with Crippen LogP contribution in [0, 0.1) is 0 Å². The topological polar surface area (TPSA) is 46.1 Å². The van der Waals surface area contributed by atoms with Crippen LogP contribution in [0.25, 0.3) is 0 Å². The van der Waals surface area contributed by atoms with Gasteiger partial charge in [-0.2, -0.15) is 0 Å². The maximum atomic E-state index is 12.4. The molecule has 4 heteroatoms. The van der Waals surface area contributed by atoms with E-state index in [0.717, 1.165) is 17.7 Å². The monoisotopic (exact) mass is 269 g/mol. The lowest BCUT2D eigenvalue weighted by atomic mass is 9.90. The highest BCUT2D eigenvalue weighted by Crippen LogP contribution is 2.23. The number of fused-ring (bicyclic) bond motifs is 1. The Kier molecular flexibility index (Phi) is 3.56. The molecule has 104 valence electrons. The van der Waals surface area contributed by atoms with Crippen LogP contribution in [0.1, 0.15) is 22.6 Å². The molecule has 0 saturated carbocycles. The number of aryl methyl sites for hydroxylation is 1. The average molecular weight is 269 g/mol. The maximum Gasteiger partial charge on any atom is 0.229 e. The molecular formula is C16H19N3O. The minimum atomic E-state index is -0.0938. The van der Waals surface area contributed by atoms with Crippen molar-refractivity contribution in [2.45, 2.75) is 19.0 Å². The molecule has 4 nitrogen and oxygen atoms in total. The van der Waals surface area contributed by atoms with Crippen molar-refractivity contribution < 1.29 is 4.79 Å². The van der Waals surface area contributed by atoms with E-state index in [1.165, 1.54) is 5.56 Å². The zero-order valence-electron chi connectivity index (χ0n) is 11.6. The van der Waals surface area contributed by atoms with Crippen LogP contribution < -0.4 is 10.6 Å². The van der Waals surface area contributed by atoms with Crippen LogP contribution >= 0.6 is 0 Å². The summed E-state index contributed by atoms with van der Waals surface area (Å²) in [4.78, 5) is 12.4. The van der Waals surface area contributed by atoms with Crippen LogP contribution in [-0.4, -0.2) is 17.0 Å². The summed E-state index contributed by atoms with van der Waals surface area (Å²) in [7, 11) is 1.98. The SMILES string of the molecule is Cn1ccc(CNC(=O)C2CNCc3ccccc32)c1. The molecule has 1 aromatic carbocycles. The molecule has 2 heterocycles. The standard InChI is InChI=1S/C16H19N3O/c1-19-7-6-12(11-19)8-18-16(20)15-10-17-9-13-4-2-3-5-14(13)15/h2-7,11,15,17H,8-10H2,1H3,(H,18,20). The fourth-order valence-electron chi connectivity index (χ4n) is 2.71. The Hall–Kier alpha value is -2.07. The number of nitrogens with one attached hydrogen (secondary N) is 2.